The molecule has 3 aromatic rings. The smallest absolute Gasteiger partial charge is 0.255 e. The zero-order valence-corrected chi connectivity index (χ0v) is 14.5. The third-order valence-corrected chi connectivity index (χ3v) is 6.06. The van der Waals surface area contributed by atoms with Crippen molar-refractivity contribution in [2.75, 3.05) is 24.6 Å². The van der Waals surface area contributed by atoms with E-state index >= 15 is 0 Å². The van der Waals surface area contributed by atoms with Crippen LogP contribution in [0.1, 0.15) is 10.4 Å². The van der Waals surface area contributed by atoms with Gasteiger partial charge in [0.25, 0.3) is 5.91 Å². The van der Waals surface area contributed by atoms with Crippen molar-refractivity contribution in [3.05, 3.63) is 42.2 Å². The van der Waals surface area contributed by atoms with Gasteiger partial charge in [0, 0.05) is 32.5 Å². The van der Waals surface area contributed by atoms with Gasteiger partial charge in [0.1, 0.15) is 0 Å². The molecule has 0 unspecified atom stereocenters. The highest BCUT2D eigenvalue weighted by molar-refractivity contribution is 7.91. The van der Waals surface area contributed by atoms with E-state index in [0.29, 0.717) is 17.0 Å². The van der Waals surface area contributed by atoms with Crippen LogP contribution in [-0.2, 0) is 16.9 Å². The standard InChI is InChI=1S/C16H17N5O3S/c1-19-6-2-3-13(19)15-18-17-14-5-4-12(11-21(14)15)16(22)20-7-9-25(23,24)10-8-20/h2-6,11H,7-10H2,1H3. The molecule has 0 N–H and O–H groups in total. The molecule has 1 amide bonds. The third kappa shape index (κ3) is 2.80. The lowest BCUT2D eigenvalue weighted by atomic mass is 10.2. The maximum atomic E-state index is 12.7. The molecule has 0 bridgehead atoms. The summed E-state index contributed by atoms with van der Waals surface area (Å²) < 4.78 is 26.8. The Morgan fingerprint density at radius 1 is 1.12 bits per heavy atom. The molecule has 8 nitrogen and oxygen atoms in total. The molecule has 1 saturated heterocycles. The molecule has 0 aliphatic carbocycles. The summed E-state index contributed by atoms with van der Waals surface area (Å²) in [7, 11) is -1.10. The van der Waals surface area contributed by atoms with Crippen LogP contribution in [0.4, 0.5) is 0 Å². The summed E-state index contributed by atoms with van der Waals surface area (Å²) in [6.45, 7) is 0.456. The van der Waals surface area contributed by atoms with E-state index in [9.17, 15) is 13.2 Å². The number of pyridine rings is 1. The molecule has 4 rings (SSSR count). The Morgan fingerprint density at radius 2 is 1.88 bits per heavy atom. The molecule has 130 valence electrons. The average molecular weight is 359 g/mol. The van der Waals surface area contributed by atoms with Crippen molar-refractivity contribution in [1.82, 2.24) is 24.1 Å². The fourth-order valence-corrected chi connectivity index (χ4v) is 4.18. The van der Waals surface area contributed by atoms with Crippen LogP contribution in [0.15, 0.2) is 36.7 Å². The van der Waals surface area contributed by atoms with Crippen molar-refractivity contribution >= 4 is 21.4 Å². The second-order valence-corrected chi connectivity index (χ2v) is 8.42. The average Bonchev–Trinajstić information content (AvgIpc) is 3.19. The van der Waals surface area contributed by atoms with Crippen LogP contribution in [-0.4, -0.2) is 63.0 Å². The van der Waals surface area contributed by atoms with Crippen LogP contribution < -0.4 is 0 Å². The summed E-state index contributed by atoms with van der Waals surface area (Å²) in [5.74, 6) is 0.506. The van der Waals surface area contributed by atoms with Gasteiger partial charge in [0.2, 0.25) is 0 Å². The topological polar surface area (TPSA) is 89.6 Å². The molecule has 9 heteroatoms. The minimum Gasteiger partial charge on any atom is -0.348 e. The maximum absolute atomic E-state index is 12.7. The SMILES string of the molecule is Cn1cccc1-c1nnc2ccc(C(=O)N3CCS(=O)(=O)CC3)cn12. The van der Waals surface area contributed by atoms with E-state index in [1.807, 2.05) is 29.9 Å². The van der Waals surface area contributed by atoms with Crippen molar-refractivity contribution in [2.24, 2.45) is 7.05 Å². The van der Waals surface area contributed by atoms with Crippen molar-refractivity contribution in [1.29, 1.82) is 0 Å². The minimum atomic E-state index is -3.02. The molecule has 4 heterocycles. The van der Waals surface area contributed by atoms with Gasteiger partial charge in [-0.2, -0.15) is 0 Å². The summed E-state index contributed by atoms with van der Waals surface area (Å²) in [5, 5.41) is 8.36. The number of aryl methyl sites for hydroxylation is 1. The van der Waals surface area contributed by atoms with Crippen LogP contribution in [0.25, 0.3) is 17.2 Å². The Labute approximate surface area is 144 Å². The molecular weight excluding hydrogens is 342 g/mol. The van der Waals surface area contributed by atoms with Crippen LogP contribution in [0.3, 0.4) is 0 Å². The molecule has 0 spiro atoms. The van der Waals surface area contributed by atoms with Crippen molar-refractivity contribution in [3.63, 3.8) is 0 Å². The predicted octanol–water partition coefficient (Wildman–Crippen LogP) is 0.605. The lowest BCUT2D eigenvalue weighted by molar-refractivity contribution is 0.0770. The quantitative estimate of drug-likeness (QED) is 0.669. The largest absolute Gasteiger partial charge is 0.348 e. The normalized spacial score (nSPS) is 17.1. The molecule has 0 atom stereocenters. The number of carbonyl (C=O) groups excluding carboxylic acids is 1. The van der Waals surface area contributed by atoms with E-state index in [-0.39, 0.29) is 30.5 Å². The number of carbonyl (C=O) groups is 1. The zero-order valence-electron chi connectivity index (χ0n) is 13.7. The highest BCUT2D eigenvalue weighted by atomic mass is 32.2. The van der Waals surface area contributed by atoms with Gasteiger partial charge >= 0.3 is 0 Å². The van der Waals surface area contributed by atoms with Gasteiger partial charge in [-0.15, -0.1) is 10.2 Å². The molecule has 1 fully saturated rings. The zero-order chi connectivity index (χ0) is 17.6. The van der Waals surface area contributed by atoms with Crippen LogP contribution in [0.2, 0.25) is 0 Å². The first-order chi connectivity index (χ1) is 11.9. The van der Waals surface area contributed by atoms with Crippen molar-refractivity contribution in [2.45, 2.75) is 0 Å². The van der Waals surface area contributed by atoms with Crippen molar-refractivity contribution < 1.29 is 13.2 Å². The van der Waals surface area contributed by atoms with E-state index < -0.39 is 9.84 Å². The molecule has 0 saturated carbocycles. The summed E-state index contributed by atoms with van der Waals surface area (Å²) in [6.07, 6.45) is 3.63. The first kappa shape index (κ1) is 15.8. The number of nitrogens with zero attached hydrogens (tertiary/aromatic N) is 5. The van der Waals surface area contributed by atoms with E-state index in [4.69, 9.17) is 0 Å². The van der Waals surface area contributed by atoms with Gasteiger partial charge in [0.15, 0.2) is 21.3 Å². The van der Waals surface area contributed by atoms with Gasteiger partial charge in [-0.1, -0.05) is 0 Å². The summed E-state index contributed by atoms with van der Waals surface area (Å²) >= 11 is 0. The summed E-state index contributed by atoms with van der Waals surface area (Å²) in [4.78, 5) is 14.3. The lowest BCUT2D eigenvalue weighted by Gasteiger charge is -2.26. The number of amides is 1. The van der Waals surface area contributed by atoms with E-state index in [2.05, 4.69) is 10.2 Å². The maximum Gasteiger partial charge on any atom is 0.255 e. The van der Waals surface area contributed by atoms with Crippen LogP contribution in [0.5, 0.6) is 0 Å². The number of rotatable bonds is 2. The van der Waals surface area contributed by atoms with E-state index in [0.717, 1.165) is 5.69 Å². The van der Waals surface area contributed by atoms with Gasteiger partial charge in [-0.25, -0.2) is 8.42 Å². The summed E-state index contributed by atoms with van der Waals surface area (Å²) in [5.41, 5.74) is 2.03. The molecule has 25 heavy (non-hydrogen) atoms. The van der Waals surface area contributed by atoms with Gasteiger partial charge in [0.05, 0.1) is 22.8 Å². The van der Waals surface area contributed by atoms with E-state index in [1.165, 1.54) is 0 Å². The van der Waals surface area contributed by atoms with Gasteiger partial charge in [-0.05, 0) is 24.3 Å². The van der Waals surface area contributed by atoms with Crippen molar-refractivity contribution in [3.8, 4) is 11.5 Å². The molecule has 0 radical (unpaired) electrons. The monoisotopic (exact) mass is 359 g/mol. The fraction of sp³-hybridized carbons (Fsp3) is 0.312. The number of aromatic nitrogens is 4. The number of fused-ring (bicyclic) bond motifs is 1. The lowest BCUT2D eigenvalue weighted by Crippen LogP contribution is -2.43. The highest BCUT2D eigenvalue weighted by Crippen LogP contribution is 2.19. The number of sulfone groups is 1. The molecule has 1 aliphatic heterocycles. The Balaban J connectivity index is 1.69. The predicted molar refractivity (Wildman–Crippen MR) is 92.0 cm³/mol. The number of hydrogen-bond donors (Lipinski definition) is 0. The highest BCUT2D eigenvalue weighted by Gasteiger charge is 2.26. The minimum absolute atomic E-state index is 0.0161. The molecule has 0 aromatic carbocycles. The van der Waals surface area contributed by atoms with Crippen LogP contribution >= 0.6 is 0 Å². The van der Waals surface area contributed by atoms with Gasteiger partial charge < -0.3 is 9.47 Å². The van der Waals surface area contributed by atoms with Gasteiger partial charge in [-0.3, -0.25) is 9.20 Å². The molecule has 1 aliphatic rings. The first-order valence-electron chi connectivity index (χ1n) is 7.91. The number of hydrogen-bond acceptors (Lipinski definition) is 5. The Bertz CT molecular complexity index is 1050. The Kier molecular flexibility index (Phi) is 3.60. The Morgan fingerprint density at radius 3 is 2.56 bits per heavy atom. The van der Waals surface area contributed by atoms with E-state index in [1.54, 1.807) is 27.6 Å². The Hall–Kier alpha value is -2.68. The molecule has 3 aromatic heterocycles. The second-order valence-electron chi connectivity index (χ2n) is 6.12. The summed E-state index contributed by atoms with van der Waals surface area (Å²) in [6, 6.07) is 7.29. The fourth-order valence-electron chi connectivity index (χ4n) is 2.98. The molecular formula is C16H17N5O3S. The third-order valence-electron chi connectivity index (χ3n) is 4.45. The first-order valence-corrected chi connectivity index (χ1v) is 9.73. The van der Waals surface area contributed by atoms with Crippen LogP contribution in [0, 0.1) is 0 Å². The second kappa shape index (κ2) is 5.69.